The van der Waals surface area contributed by atoms with Gasteiger partial charge in [-0.3, -0.25) is 9.69 Å². The third kappa shape index (κ3) is 5.73. The third-order valence-corrected chi connectivity index (χ3v) is 4.68. The van der Waals surface area contributed by atoms with Crippen LogP contribution < -0.4 is 5.32 Å². The number of halogens is 1. The number of hydrogen-bond donors (Lipinski definition) is 2. The second-order valence-electron chi connectivity index (χ2n) is 6.73. The average molecular weight is 384 g/mol. The van der Waals surface area contributed by atoms with E-state index in [2.05, 4.69) is 10.2 Å². The molecular weight excluding hydrogens is 359 g/mol. The number of ether oxygens (including phenoxy) is 1. The average Bonchev–Trinajstić information content (AvgIpc) is 2.72. The fraction of sp³-hybridized carbons (Fsp3) is 0.318. The van der Waals surface area contributed by atoms with Crippen molar-refractivity contribution in [1.82, 2.24) is 10.2 Å². The maximum absolute atomic E-state index is 13.6. The van der Waals surface area contributed by atoms with Crippen LogP contribution >= 0.6 is 0 Å². The molecule has 0 radical (unpaired) electrons. The molecule has 28 heavy (non-hydrogen) atoms. The minimum absolute atomic E-state index is 0.222. The summed E-state index contributed by atoms with van der Waals surface area (Å²) >= 11 is 0. The van der Waals surface area contributed by atoms with Gasteiger partial charge < -0.3 is 15.2 Å². The van der Waals surface area contributed by atoms with Crippen LogP contribution in [0.25, 0.3) is 6.08 Å². The molecule has 1 fully saturated rings. The highest BCUT2D eigenvalue weighted by atomic mass is 19.1. The molecule has 0 saturated carbocycles. The predicted octanol–water partition coefficient (Wildman–Crippen LogP) is 2.52. The molecule has 1 amide bonds. The smallest absolute Gasteiger partial charge is 0.244 e. The predicted molar refractivity (Wildman–Crippen MR) is 106 cm³/mol. The summed E-state index contributed by atoms with van der Waals surface area (Å²) in [5.41, 5.74) is 2.29. The highest BCUT2D eigenvalue weighted by molar-refractivity contribution is 5.92. The fourth-order valence-corrected chi connectivity index (χ4v) is 3.16. The van der Waals surface area contributed by atoms with Crippen LogP contribution in [0.2, 0.25) is 0 Å². The zero-order chi connectivity index (χ0) is 19.8. The molecule has 0 aliphatic carbocycles. The molecule has 1 atom stereocenters. The standard InChI is InChI=1S/C22H25FN2O3/c23-20-7-2-1-5-18(20)8-9-22(27)24-21(16-26)19-6-3-4-17(14-19)15-25-10-12-28-13-11-25/h1-9,14,21,26H,10-13,15-16H2,(H,24,27)/t21-/m0/s1. The van der Waals surface area contributed by atoms with Crippen molar-refractivity contribution in [2.75, 3.05) is 32.9 Å². The molecule has 1 aliphatic heterocycles. The number of hydrogen-bond acceptors (Lipinski definition) is 4. The zero-order valence-electron chi connectivity index (χ0n) is 15.7. The van der Waals surface area contributed by atoms with Crippen molar-refractivity contribution in [3.05, 3.63) is 77.1 Å². The number of carbonyl (C=O) groups is 1. The maximum Gasteiger partial charge on any atom is 0.244 e. The Kier molecular flexibility index (Phi) is 7.31. The molecule has 2 aromatic rings. The highest BCUT2D eigenvalue weighted by Gasteiger charge is 2.15. The summed E-state index contributed by atoms with van der Waals surface area (Å²) in [6.07, 6.45) is 2.70. The van der Waals surface area contributed by atoms with Crippen LogP contribution in [0.5, 0.6) is 0 Å². The van der Waals surface area contributed by atoms with Gasteiger partial charge in [0.15, 0.2) is 0 Å². The number of benzene rings is 2. The molecule has 1 heterocycles. The Morgan fingerprint density at radius 1 is 1.21 bits per heavy atom. The number of nitrogens with zero attached hydrogens (tertiary/aromatic N) is 1. The largest absolute Gasteiger partial charge is 0.394 e. The summed E-state index contributed by atoms with van der Waals surface area (Å²) in [6.45, 7) is 3.85. The summed E-state index contributed by atoms with van der Waals surface area (Å²) in [4.78, 5) is 14.5. The first-order chi connectivity index (χ1) is 13.7. The summed E-state index contributed by atoms with van der Waals surface area (Å²) in [6, 6.07) is 13.5. The van der Waals surface area contributed by atoms with E-state index in [0.29, 0.717) is 5.56 Å². The van der Waals surface area contributed by atoms with Gasteiger partial charge in [0, 0.05) is 31.3 Å². The Bertz CT molecular complexity index is 819. The molecule has 148 valence electrons. The van der Waals surface area contributed by atoms with Gasteiger partial charge in [-0.05, 0) is 23.3 Å². The quantitative estimate of drug-likeness (QED) is 0.720. The lowest BCUT2D eigenvalue weighted by Crippen LogP contribution is -2.35. The van der Waals surface area contributed by atoms with Crippen LogP contribution in [0.4, 0.5) is 4.39 Å². The first-order valence-corrected chi connectivity index (χ1v) is 9.38. The van der Waals surface area contributed by atoms with E-state index in [9.17, 15) is 14.3 Å². The first kappa shape index (κ1) is 20.2. The second-order valence-corrected chi connectivity index (χ2v) is 6.73. The van der Waals surface area contributed by atoms with Crippen LogP contribution in [0.3, 0.4) is 0 Å². The first-order valence-electron chi connectivity index (χ1n) is 9.38. The van der Waals surface area contributed by atoms with E-state index in [1.807, 2.05) is 24.3 Å². The van der Waals surface area contributed by atoms with E-state index in [0.717, 1.165) is 44.0 Å². The normalized spacial score (nSPS) is 16.2. The van der Waals surface area contributed by atoms with Gasteiger partial charge in [-0.15, -0.1) is 0 Å². The summed E-state index contributed by atoms with van der Waals surface area (Å²) in [5.74, 6) is -0.776. The molecule has 1 aliphatic rings. The Hall–Kier alpha value is -2.54. The SMILES string of the molecule is O=C(C=Cc1ccccc1F)N[C@@H](CO)c1cccc(CN2CCOCC2)c1. The molecule has 3 rings (SSSR count). The molecule has 0 spiro atoms. The molecular formula is C22H25FN2O3. The molecule has 2 aromatic carbocycles. The van der Waals surface area contributed by atoms with Gasteiger partial charge in [0.2, 0.25) is 5.91 Å². The van der Waals surface area contributed by atoms with Crippen molar-refractivity contribution in [2.24, 2.45) is 0 Å². The van der Waals surface area contributed by atoms with Crippen LogP contribution in [0.15, 0.2) is 54.6 Å². The Morgan fingerprint density at radius 3 is 2.75 bits per heavy atom. The van der Waals surface area contributed by atoms with Gasteiger partial charge in [0.25, 0.3) is 0 Å². The Labute approximate surface area is 164 Å². The van der Waals surface area contributed by atoms with E-state index in [4.69, 9.17) is 4.74 Å². The lowest BCUT2D eigenvalue weighted by Gasteiger charge is -2.27. The molecule has 5 nitrogen and oxygen atoms in total. The topological polar surface area (TPSA) is 61.8 Å². The minimum atomic E-state index is -0.526. The molecule has 0 unspecified atom stereocenters. The van der Waals surface area contributed by atoms with Gasteiger partial charge in [0.05, 0.1) is 25.9 Å². The number of morpholine rings is 1. The van der Waals surface area contributed by atoms with E-state index in [-0.39, 0.29) is 18.3 Å². The van der Waals surface area contributed by atoms with Gasteiger partial charge >= 0.3 is 0 Å². The lowest BCUT2D eigenvalue weighted by molar-refractivity contribution is -0.117. The number of amides is 1. The third-order valence-electron chi connectivity index (χ3n) is 4.68. The number of nitrogens with one attached hydrogen (secondary N) is 1. The highest BCUT2D eigenvalue weighted by Crippen LogP contribution is 2.17. The fourth-order valence-electron chi connectivity index (χ4n) is 3.16. The van der Waals surface area contributed by atoms with E-state index in [1.165, 1.54) is 18.2 Å². The van der Waals surface area contributed by atoms with Crippen LogP contribution in [-0.4, -0.2) is 48.8 Å². The van der Waals surface area contributed by atoms with E-state index >= 15 is 0 Å². The van der Waals surface area contributed by atoms with Crippen LogP contribution in [0, 0.1) is 5.82 Å². The number of aliphatic hydroxyl groups excluding tert-OH is 1. The van der Waals surface area contributed by atoms with E-state index in [1.54, 1.807) is 18.2 Å². The molecule has 2 N–H and O–H groups in total. The Morgan fingerprint density at radius 2 is 2.00 bits per heavy atom. The van der Waals surface area contributed by atoms with Gasteiger partial charge in [0.1, 0.15) is 5.82 Å². The minimum Gasteiger partial charge on any atom is -0.394 e. The van der Waals surface area contributed by atoms with Crippen LogP contribution in [0.1, 0.15) is 22.7 Å². The lowest BCUT2D eigenvalue weighted by atomic mass is 10.0. The monoisotopic (exact) mass is 384 g/mol. The Balaban J connectivity index is 1.63. The van der Waals surface area contributed by atoms with Crippen molar-refractivity contribution in [3.8, 4) is 0 Å². The number of carbonyl (C=O) groups excluding carboxylic acids is 1. The molecule has 0 bridgehead atoms. The summed E-state index contributed by atoms with van der Waals surface area (Å²) < 4.78 is 19.0. The zero-order valence-corrected chi connectivity index (χ0v) is 15.7. The maximum atomic E-state index is 13.6. The van der Waals surface area contributed by atoms with Crippen molar-refractivity contribution < 1.29 is 19.0 Å². The van der Waals surface area contributed by atoms with Crippen molar-refractivity contribution in [3.63, 3.8) is 0 Å². The van der Waals surface area contributed by atoms with Crippen molar-refractivity contribution in [1.29, 1.82) is 0 Å². The van der Waals surface area contributed by atoms with Gasteiger partial charge in [-0.2, -0.15) is 0 Å². The van der Waals surface area contributed by atoms with Crippen LogP contribution in [-0.2, 0) is 16.1 Å². The van der Waals surface area contributed by atoms with Crippen molar-refractivity contribution >= 4 is 12.0 Å². The van der Waals surface area contributed by atoms with Gasteiger partial charge in [-0.25, -0.2) is 4.39 Å². The summed E-state index contributed by atoms with van der Waals surface area (Å²) in [7, 11) is 0. The molecule has 1 saturated heterocycles. The molecule has 6 heteroatoms. The second kappa shape index (κ2) is 10.1. The van der Waals surface area contributed by atoms with Gasteiger partial charge in [-0.1, -0.05) is 42.5 Å². The molecule has 0 aromatic heterocycles. The summed E-state index contributed by atoms with van der Waals surface area (Å²) in [5, 5.41) is 12.5. The number of rotatable bonds is 7. The van der Waals surface area contributed by atoms with Crippen molar-refractivity contribution in [2.45, 2.75) is 12.6 Å². The van der Waals surface area contributed by atoms with E-state index < -0.39 is 6.04 Å². The number of aliphatic hydroxyl groups is 1.